The van der Waals surface area contributed by atoms with Crippen molar-refractivity contribution < 1.29 is 23.2 Å². The molecule has 1 aromatic carbocycles. The molecule has 122 valence electrons. The van der Waals surface area contributed by atoms with Crippen molar-refractivity contribution in [2.24, 2.45) is 0 Å². The quantitative estimate of drug-likeness (QED) is 0.688. The zero-order chi connectivity index (χ0) is 16.8. The number of furan rings is 1. The lowest BCUT2D eigenvalue weighted by atomic mass is 10.2. The average molecular weight is 327 g/mol. The van der Waals surface area contributed by atoms with Crippen molar-refractivity contribution in [1.82, 2.24) is 15.5 Å². The summed E-state index contributed by atoms with van der Waals surface area (Å²) in [5.41, 5.74) is 0.772. The van der Waals surface area contributed by atoms with Gasteiger partial charge < -0.3 is 18.9 Å². The van der Waals surface area contributed by atoms with E-state index in [-0.39, 0.29) is 24.8 Å². The fourth-order valence-corrected chi connectivity index (χ4v) is 1.85. The number of nitrogens with zero attached hydrogens (tertiary/aromatic N) is 2. The van der Waals surface area contributed by atoms with Crippen LogP contribution in [0.4, 0.5) is 0 Å². The molecule has 2 heterocycles. The van der Waals surface area contributed by atoms with Gasteiger partial charge in [0.05, 0.1) is 6.26 Å². The Balaban J connectivity index is 1.46. The number of carbonyl (C=O) groups excluding carboxylic acids is 2. The van der Waals surface area contributed by atoms with E-state index in [2.05, 4.69) is 15.5 Å². The zero-order valence-corrected chi connectivity index (χ0v) is 12.5. The van der Waals surface area contributed by atoms with Gasteiger partial charge in [0, 0.05) is 5.56 Å². The summed E-state index contributed by atoms with van der Waals surface area (Å²) in [6.45, 7) is -0.464. The van der Waals surface area contributed by atoms with Crippen LogP contribution in [-0.2, 0) is 16.1 Å². The predicted octanol–water partition coefficient (Wildman–Crippen LogP) is 1.80. The van der Waals surface area contributed by atoms with Crippen LogP contribution in [0.3, 0.4) is 0 Å². The predicted molar refractivity (Wildman–Crippen MR) is 80.6 cm³/mol. The van der Waals surface area contributed by atoms with Crippen molar-refractivity contribution in [3.63, 3.8) is 0 Å². The first-order valence-corrected chi connectivity index (χ1v) is 7.07. The Labute approximate surface area is 136 Å². The van der Waals surface area contributed by atoms with Crippen molar-refractivity contribution in [3.05, 3.63) is 60.4 Å². The number of rotatable bonds is 6. The van der Waals surface area contributed by atoms with E-state index in [4.69, 9.17) is 13.6 Å². The fraction of sp³-hybridized carbons (Fsp3) is 0.125. The summed E-state index contributed by atoms with van der Waals surface area (Å²) in [6, 6.07) is 12.3. The molecule has 0 atom stereocenters. The first-order valence-electron chi connectivity index (χ1n) is 7.07. The summed E-state index contributed by atoms with van der Waals surface area (Å²) in [4.78, 5) is 23.2. The molecule has 0 saturated heterocycles. The lowest BCUT2D eigenvalue weighted by Crippen LogP contribution is -2.30. The smallest absolute Gasteiger partial charge is 0.325 e. The first-order chi connectivity index (χ1) is 11.7. The van der Waals surface area contributed by atoms with Gasteiger partial charge in [-0.15, -0.1) is 10.2 Å². The molecule has 8 heteroatoms. The van der Waals surface area contributed by atoms with Crippen molar-refractivity contribution in [1.29, 1.82) is 0 Å². The molecule has 0 radical (unpaired) electrons. The Hall–Kier alpha value is -3.42. The van der Waals surface area contributed by atoms with E-state index in [0.29, 0.717) is 5.89 Å². The molecule has 2 aromatic heterocycles. The van der Waals surface area contributed by atoms with E-state index in [9.17, 15) is 9.59 Å². The fourth-order valence-electron chi connectivity index (χ4n) is 1.85. The Kier molecular flexibility index (Phi) is 4.66. The van der Waals surface area contributed by atoms with Crippen LogP contribution in [0, 0.1) is 0 Å². The molecule has 0 bridgehead atoms. The molecule has 0 fully saturated rings. The lowest BCUT2D eigenvalue weighted by Gasteiger charge is -2.03. The second-order valence-corrected chi connectivity index (χ2v) is 4.69. The van der Waals surface area contributed by atoms with Gasteiger partial charge in [-0.2, -0.15) is 0 Å². The highest BCUT2D eigenvalue weighted by Crippen LogP contribution is 2.17. The summed E-state index contributed by atoms with van der Waals surface area (Å²) < 4.78 is 15.3. The maximum Gasteiger partial charge on any atom is 0.325 e. The van der Waals surface area contributed by atoms with E-state index in [1.807, 2.05) is 30.3 Å². The number of esters is 1. The van der Waals surface area contributed by atoms with Crippen molar-refractivity contribution in [2.45, 2.75) is 6.61 Å². The molecular weight excluding hydrogens is 314 g/mol. The standard InChI is InChI=1S/C16H13N3O5/c20-14(9-17-15(21)12-7-4-8-22-12)23-10-13-18-19-16(24-13)11-5-2-1-3-6-11/h1-8H,9-10H2,(H,17,21). The van der Waals surface area contributed by atoms with Crippen LogP contribution in [-0.4, -0.2) is 28.6 Å². The molecule has 3 rings (SSSR count). The van der Waals surface area contributed by atoms with Crippen LogP contribution in [0.25, 0.3) is 11.5 Å². The van der Waals surface area contributed by atoms with Crippen molar-refractivity contribution in [2.75, 3.05) is 6.54 Å². The van der Waals surface area contributed by atoms with E-state index in [1.165, 1.54) is 12.3 Å². The minimum Gasteiger partial charge on any atom is -0.459 e. The second kappa shape index (κ2) is 7.23. The average Bonchev–Trinajstić information content (AvgIpc) is 3.30. The largest absolute Gasteiger partial charge is 0.459 e. The van der Waals surface area contributed by atoms with E-state index in [1.54, 1.807) is 6.07 Å². The van der Waals surface area contributed by atoms with Gasteiger partial charge in [-0.05, 0) is 24.3 Å². The minimum absolute atomic E-state index is 0.118. The molecule has 0 aliphatic carbocycles. The van der Waals surface area contributed by atoms with Crippen molar-refractivity contribution in [3.8, 4) is 11.5 Å². The summed E-state index contributed by atoms with van der Waals surface area (Å²) in [6.07, 6.45) is 1.37. The normalized spacial score (nSPS) is 10.3. The van der Waals surface area contributed by atoms with Crippen molar-refractivity contribution >= 4 is 11.9 Å². The molecule has 0 saturated carbocycles. The Morgan fingerprint density at radius 3 is 2.67 bits per heavy atom. The van der Waals surface area contributed by atoms with Gasteiger partial charge in [0.25, 0.3) is 11.8 Å². The summed E-state index contributed by atoms with van der Waals surface area (Å²) >= 11 is 0. The number of carbonyl (C=O) groups is 2. The van der Waals surface area contributed by atoms with E-state index < -0.39 is 11.9 Å². The number of hydrogen-bond donors (Lipinski definition) is 1. The Morgan fingerprint density at radius 1 is 1.08 bits per heavy atom. The number of amides is 1. The molecular formula is C16H13N3O5. The highest BCUT2D eigenvalue weighted by Gasteiger charge is 2.13. The van der Waals surface area contributed by atoms with E-state index >= 15 is 0 Å². The minimum atomic E-state index is -0.630. The molecule has 24 heavy (non-hydrogen) atoms. The van der Waals surface area contributed by atoms with Crippen LogP contribution in [0.2, 0.25) is 0 Å². The van der Waals surface area contributed by atoms with Gasteiger partial charge in [0.15, 0.2) is 12.4 Å². The lowest BCUT2D eigenvalue weighted by molar-refractivity contribution is -0.144. The summed E-state index contributed by atoms with van der Waals surface area (Å²) in [7, 11) is 0. The number of benzene rings is 1. The Morgan fingerprint density at radius 2 is 1.92 bits per heavy atom. The molecule has 0 spiro atoms. The molecule has 1 amide bonds. The number of hydrogen-bond acceptors (Lipinski definition) is 7. The summed E-state index contributed by atoms with van der Waals surface area (Å²) in [5, 5.41) is 10.1. The topological polar surface area (TPSA) is 107 Å². The molecule has 1 N–H and O–H groups in total. The monoisotopic (exact) mass is 327 g/mol. The van der Waals surface area contributed by atoms with Crippen LogP contribution in [0.5, 0.6) is 0 Å². The highest BCUT2D eigenvalue weighted by atomic mass is 16.5. The maximum absolute atomic E-state index is 11.6. The number of aromatic nitrogens is 2. The van der Waals surface area contributed by atoms with E-state index in [0.717, 1.165) is 5.56 Å². The third-order valence-corrected chi connectivity index (χ3v) is 2.98. The number of nitrogens with one attached hydrogen (secondary N) is 1. The van der Waals surface area contributed by atoms with Gasteiger partial charge in [0.1, 0.15) is 6.54 Å². The zero-order valence-electron chi connectivity index (χ0n) is 12.5. The van der Waals surface area contributed by atoms with Gasteiger partial charge in [0.2, 0.25) is 5.89 Å². The number of ether oxygens (including phenoxy) is 1. The third kappa shape index (κ3) is 3.86. The highest BCUT2D eigenvalue weighted by molar-refractivity contribution is 5.93. The first kappa shape index (κ1) is 15.5. The molecule has 8 nitrogen and oxygen atoms in total. The van der Waals surface area contributed by atoms with Crippen LogP contribution < -0.4 is 5.32 Å². The third-order valence-electron chi connectivity index (χ3n) is 2.98. The maximum atomic E-state index is 11.6. The molecule has 0 unspecified atom stereocenters. The van der Waals surface area contributed by atoms with Gasteiger partial charge in [-0.3, -0.25) is 9.59 Å². The van der Waals surface area contributed by atoms with Gasteiger partial charge in [-0.1, -0.05) is 18.2 Å². The van der Waals surface area contributed by atoms with Crippen LogP contribution in [0.1, 0.15) is 16.4 Å². The van der Waals surface area contributed by atoms with Gasteiger partial charge in [-0.25, -0.2) is 0 Å². The summed E-state index contributed by atoms with van der Waals surface area (Å²) in [5.74, 6) is -0.505. The molecule has 0 aliphatic heterocycles. The van der Waals surface area contributed by atoms with Gasteiger partial charge >= 0.3 is 5.97 Å². The van der Waals surface area contributed by atoms with Crippen LogP contribution >= 0.6 is 0 Å². The Bertz CT molecular complexity index is 811. The van der Waals surface area contributed by atoms with Crippen LogP contribution in [0.15, 0.2) is 57.6 Å². The molecule has 0 aliphatic rings. The molecule has 3 aromatic rings. The second-order valence-electron chi connectivity index (χ2n) is 4.69. The SMILES string of the molecule is O=C(CNC(=O)c1ccco1)OCc1nnc(-c2ccccc2)o1.